The second-order valence-electron chi connectivity index (χ2n) is 9.32. The van der Waals surface area contributed by atoms with Gasteiger partial charge in [-0.05, 0) is 48.4 Å². The number of aryl methyl sites for hydroxylation is 1. The fourth-order valence-corrected chi connectivity index (χ4v) is 4.97. The Bertz CT molecular complexity index is 1340. The molecule has 0 spiro atoms. The molecule has 0 saturated carbocycles. The van der Waals surface area contributed by atoms with Crippen LogP contribution in [0.25, 0.3) is 5.76 Å². The summed E-state index contributed by atoms with van der Waals surface area (Å²) < 4.78 is 13.4. The number of aliphatic hydroxyl groups is 1. The zero-order chi connectivity index (χ0) is 25.9. The molecule has 0 radical (unpaired) electrons. The average Bonchev–Trinajstić information content (AvgIpc) is 3.61. The highest BCUT2D eigenvalue weighted by Gasteiger charge is 2.46. The van der Waals surface area contributed by atoms with Crippen molar-refractivity contribution in [2.75, 3.05) is 13.2 Å². The lowest BCUT2D eigenvalue weighted by molar-refractivity contribution is -0.695. The van der Waals surface area contributed by atoms with Crippen molar-refractivity contribution in [3.8, 4) is 11.5 Å². The molecule has 2 atom stereocenters. The number of ether oxygens (including phenoxy) is 2. The van der Waals surface area contributed by atoms with E-state index in [1.807, 2.05) is 48.4 Å². The molecule has 37 heavy (non-hydrogen) atoms. The van der Waals surface area contributed by atoms with E-state index in [0.717, 1.165) is 23.3 Å². The number of amides is 1. The van der Waals surface area contributed by atoms with Gasteiger partial charge < -0.3 is 19.5 Å². The van der Waals surface area contributed by atoms with Crippen molar-refractivity contribution < 1.29 is 28.7 Å². The Labute approximate surface area is 215 Å². The van der Waals surface area contributed by atoms with Gasteiger partial charge in [0.2, 0.25) is 6.33 Å². The summed E-state index contributed by atoms with van der Waals surface area (Å²) >= 11 is 0. The third-order valence-electron chi connectivity index (χ3n) is 6.69. The quantitative estimate of drug-likeness (QED) is 0.154. The fourth-order valence-electron chi connectivity index (χ4n) is 4.97. The summed E-state index contributed by atoms with van der Waals surface area (Å²) in [6, 6.07) is 11.9. The van der Waals surface area contributed by atoms with Crippen LogP contribution in [0.2, 0.25) is 0 Å². The third-order valence-corrected chi connectivity index (χ3v) is 6.69. The summed E-state index contributed by atoms with van der Waals surface area (Å²) in [5.41, 5.74) is 2.27. The number of hydrogen-bond donors (Lipinski definition) is 2. The Morgan fingerprint density at radius 1 is 1.27 bits per heavy atom. The molecule has 8 nitrogen and oxygen atoms in total. The zero-order valence-corrected chi connectivity index (χ0v) is 20.7. The molecule has 2 aromatic carbocycles. The monoisotopic (exact) mass is 500 g/mol. The van der Waals surface area contributed by atoms with Crippen molar-refractivity contribution in [3.63, 3.8) is 0 Å². The number of aromatic nitrogens is 2. The smallest absolute Gasteiger partial charge is 0.295 e. The van der Waals surface area contributed by atoms with Crippen LogP contribution in [-0.4, -0.2) is 45.9 Å². The van der Waals surface area contributed by atoms with Gasteiger partial charge in [0.05, 0.1) is 18.2 Å². The van der Waals surface area contributed by atoms with E-state index >= 15 is 0 Å². The third kappa shape index (κ3) is 4.87. The summed E-state index contributed by atoms with van der Waals surface area (Å²) in [7, 11) is 0. The number of nitrogens with one attached hydrogen (secondary N) is 1. The highest BCUT2D eigenvalue weighted by molar-refractivity contribution is 6.46. The predicted octanol–water partition coefficient (Wildman–Crippen LogP) is 3.70. The molecule has 8 heteroatoms. The standard InChI is InChI=1S/C29H29N3O5/c1-3-15-36-23-8-5-20(6-9-23)26-25(27(33)21-7-10-24-22(17-21)16-19(2)37-24)28(34)29(35)32(26)13-4-12-31-14-11-30-18-31/h3,5-11,14,17-19,26H,1,4,12-13,15-16H2,2H3,(H,33,34)/p+1. The molecule has 3 aromatic rings. The Balaban J connectivity index is 1.51. The highest BCUT2D eigenvalue weighted by atomic mass is 16.5. The molecule has 2 N–H and O–H groups in total. The van der Waals surface area contributed by atoms with E-state index < -0.39 is 17.7 Å². The molecule has 5 rings (SSSR count). The molecule has 1 aromatic heterocycles. The Kier molecular flexibility index (Phi) is 6.81. The van der Waals surface area contributed by atoms with Gasteiger partial charge in [-0.2, -0.15) is 0 Å². The van der Waals surface area contributed by atoms with Crippen LogP contribution in [0.1, 0.15) is 36.1 Å². The summed E-state index contributed by atoms with van der Waals surface area (Å²) in [5.74, 6) is -0.0552. The lowest BCUT2D eigenvalue weighted by atomic mass is 9.94. The summed E-state index contributed by atoms with van der Waals surface area (Å²) in [5, 5.41) is 11.4. The molecular weight excluding hydrogens is 470 g/mol. The van der Waals surface area contributed by atoms with E-state index in [1.54, 1.807) is 35.2 Å². The number of fused-ring (bicyclic) bond motifs is 1. The van der Waals surface area contributed by atoms with E-state index in [4.69, 9.17) is 9.47 Å². The summed E-state index contributed by atoms with van der Waals surface area (Å²) in [4.78, 5) is 31.1. The molecule has 2 aliphatic heterocycles. The van der Waals surface area contributed by atoms with Gasteiger partial charge in [0.25, 0.3) is 11.7 Å². The fraction of sp³-hybridized carbons (Fsp3) is 0.276. The number of aliphatic hydroxyl groups excluding tert-OH is 1. The van der Waals surface area contributed by atoms with Crippen LogP contribution in [-0.2, 0) is 22.6 Å². The summed E-state index contributed by atoms with van der Waals surface area (Å²) in [6.07, 6.45) is 8.64. The van der Waals surface area contributed by atoms with Crippen molar-refractivity contribution in [1.82, 2.24) is 9.88 Å². The van der Waals surface area contributed by atoms with Crippen molar-refractivity contribution in [2.45, 2.75) is 38.5 Å². The molecular formula is C29H30N3O5+. The lowest BCUT2D eigenvalue weighted by Gasteiger charge is -2.25. The van der Waals surface area contributed by atoms with Gasteiger partial charge >= 0.3 is 0 Å². The number of Topliss-reactive ketones (excluding diaryl/α,β-unsaturated/α-hetero) is 1. The van der Waals surface area contributed by atoms with Crippen molar-refractivity contribution in [2.24, 2.45) is 0 Å². The molecule has 190 valence electrons. The Morgan fingerprint density at radius 2 is 2.08 bits per heavy atom. The minimum Gasteiger partial charge on any atom is -0.507 e. The van der Waals surface area contributed by atoms with Gasteiger partial charge in [-0.25, -0.2) is 4.57 Å². The second kappa shape index (κ2) is 10.3. The number of nitrogens with zero attached hydrogens (tertiary/aromatic N) is 2. The van der Waals surface area contributed by atoms with Crippen LogP contribution in [0.4, 0.5) is 0 Å². The van der Waals surface area contributed by atoms with Gasteiger partial charge in [-0.15, -0.1) is 0 Å². The average molecular weight is 501 g/mol. The predicted molar refractivity (Wildman–Crippen MR) is 137 cm³/mol. The zero-order valence-electron chi connectivity index (χ0n) is 20.7. The van der Waals surface area contributed by atoms with Crippen molar-refractivity contribution in [3.05, 3.63) is 96.1 Å². The number of likely N-dealkylation sites (tertiary alicyclic amines) is 1. The van der Waals surface area contributed by atoms with Crippen LogP contribution in [0.3, 0.4) is 0 Å². The van der Waals surface area contributed by atoms with Crippen molar-refractivity contribution >= 4 is 17.4 Å². The van der Waals surface area contributed by atoms with Gasteiger partial charge in [0.15, 0.2) is 0 Å². The molecule has 2 unspecified atom stereocenters. The first-order valence-corrected chi connectivity index (χ1v) is 12.4. The van der Waals surface area contributed by atoms with Gasteiger partial charge in [-0.3, -0.25) is 14.6 Å². The first-order chi connectivity index (χ1) is 18.0. The van der Waals surface area contributed by atoms with Crippen LogP contribution in [0, 0.1) is 0 Å². The van der Waals surface area contributed by atoms with E-state index in [2.05, 4.69) is 11.6 Å². The molecule has 0 aliphatic carbocycles. The van der Waals surface area contributed by atoms with Gasteiger partial charge in [0.1, 0.15) is 42.4 Å². The lowest BCUT2D eigenvalue weighted by Crippen LogP contribution is -2.36. The number of H-pyrrole nitrogens is 1. The number of aromatic amines is 1. The van der Waals surface area contributed by atoms with Crippen LogP contribution in [0.15, 0.2) is 79.4 Å². The van der Waals surface area contributed by atoms with E-state index in [-0.39, 0.29) is 17.4 Å². The topological polar surface area (TPSA) is 95.7 Å². The number of carbonyl (C=O) groups is 2. The molecule has 2 aliphatic rings. The summed E-state index contributed by atoms with van der Waals surface area (Å²) in [6.45, 7) is 7.05. The minimum absolute atomic E-state index is 0.0534. The van der Waals surface area contributed by atoms with Crippen LogP contribution < -0.4 is 14.0 Å². The van der Waals surface area contributed by atoms with E-state index in [0.29, 0.717) is 37.4 Å². The Morgan fingerprint density at radius 3 is 2.81 bits per heavy atom. The maximum atomic E-state index is 13.3. The molecule has 1 amide bonds. The first kappa shape index (κ1) is 24.4. The van der Waals surface area contributed by atoms with Crippen LogP contribution >= 0.6 is 0 Å². The molecule has 1 fully saturated rings. The van der Waals surface area contributed by atoms with Gasteiger partial charge in [-0.1, -0.05) is 24.8 Å². The number of benzene rings is 2. The molecule has 0 bridgehead atoms. The first-order valence-electron chi connectivity index (χ1n) is 12.4. The molecule has 3 heterocycles. The van der Waals surface area contributed by atoms with Gasteiger partial charge in [0, 0.05) is 24.9 Å². The normalized spacial score (nSPS) is 20.1. The van der Waals surface area contributed by atoms with Crippen LogP contribution in [0.5, 0.6) is 11.5 Å². The number of imidazole rings is 1. The number of ketones is 1. The number of rotatable bonds is 9. The molecule has 1 saturated heterocycles. The van der Waals surface area contributed by atoms with E-state index in [9.17, 15) is 14.7 Å². The maximum absolute atomic E-state index is 13.3. The number of carbonyl (C=O) groups excluding carboxylic acids is 2. The second-order valence-corrected chi connectivity index (χ2v) is 9.32. The highest BCUT2D eigenvalue weighted by Crippen LogP contribution is 2.41. The SMILES string of the molecule is C=CCOc1ccc(C2C(=C(O)c3ccc4c(c3)CC(C)O4)C(=O)C(=O)N2CCC[n+]2cc[nH]c2)cc1. The Hall–Kier alpha value is -4.33. The minimum atomic E-state index is -0.715. The largest absolute Gasteiger partial charge is 0.507 e. The maximum Gasteiger partial charge on any atom is 0.295 e. The van der Waals surface area contributed by atoms with E-state index in [1.165, 1.54) is 0 Å². The van der Waals surface area contributed by atoms with Crippen molar-refractivity contribution in [1.29, 1.82) is 0 Å². The number of hydrogen-bond acceptors (Lipinski definition) is 5.